The Labute approximate surface area is 137 Å². The first-order valence-corrected chi connectivity index (χ1v) is 8.32. The lowest BCUT2D eigenvalue weighted by Crippen LogP contribution is -2.31. The molecule has 6 nitrogen and oxygen atoms in total. The van der Waals surface area contributed by atoms with Crippen molar-refractivity contribution < 1.29 is 9.59 Å². The smallest absolute Gasteiger partial charge is 0.274 e. The largest absolute Gasteiger partial charge is 0.353 e. The SMILES string of the molecule is C=CC(=O)NCCCN(C)C(=O)c1ccn(C2CCCCC2)n1. The fraction of sp³-hybridized carbons (Fsp3) is 0.588. The molecule has 2 amide bonds. The number of hydrogen-bond donors (Lipinski definition) is 1. The van der Waals surface area contributed by atoms with Gasteiger partial charge < -0.3 is 10.2 Å². The molecule has 0 saturated heterocycles. The maximum atomic E-state index is 12.4. The summed E-state index contributed by atoms with van der Waals surface area (Å²) in [6.45, 7) is 4.50. The average molecular weight is 318 g/mol. The standard InChI is InChI=1S/C17H26N4O2/c1-3-16(22)18-11-7-12-20(2)17(23)15-10-13-21(19-15)14-8-5-4-6-9-14/h3,10,13-14H,1,4-9,11-12H2,2H3,(H,18,22). The Kier molecular flexibility index (Phi) is 6.38. The highest BCUT2D eigenvalue weighted by Gasteiger charge is 2.19. The lowest BCUT2D eigenvalue weighted by atomic mass is 9.96. The molecule has 1 aliphatic carbocycles. The van der Waals surface area contributed by atoms with Crippen molar-refractivity contribution in [3.8, 4) is 0 Å². The third-order valence-corrected chi connectivity index (χ3v) is 4.28. The molecule has 0 aromatic carbocycles. The van der Waals surface area contributed by atoms with Crippen LogP contribution in [0.3, 0.4) is 0 Å². The van der Waals surface area contributed by atoms with Crippen LogP contribution in [-0.4, -0.2) is 46.6 Å². The molecule has 0 radical (unpaired) electrons. The molecule has 126 valence electrons. The average Bonchev–Trinajstić information content (AvgIpc) is 3.08. The number of aromatic nitrogens is 2. The molecule has 1 aromatic rings. The van der Waals surface area contributed by atoms with E-state index in [1.165, 1.54) is 25.3 Å². The van der Waals surface area contributed by atoms with Crippen LogP contribution < -0.4 is 5.32 Å². The molecule has 0 aliphatic heterocycles. The summed E-state index contributed by atoms with van der Waals surface area (Å²) in [5.74, 6) is -0.264. The van der Waals surface area contributed by atoms with Gasteiger partial charge in [-0.1, -0.05) is 25.8 Å². The molecule has 0 atom stereocenters. The van der Waals surface area contributed by atoms with E-state index in [2.05, 4.69) is 17.0 Å². The molecule has 0 unspecified atom stereocenters. The van der Waals surface area contributed by atoms with Crippen LogP contribution in [0.4, 0.5) is 0 Å². The summed E-state index contributed by atoms with van der Waals surface area (Å²) >= 11 is 0. The van der Waals surface area contributed by atoms with E-state index < -0.39 is 0 Å². The number of carbonyl (C=O) groups excluding carboxylic acids is 2. The highest BCUT2D eigenvalue weighted by molar-refractivity contribution is 5.92. The summed E-state index contributed by atoms with van der Waals surface area (Å²) in [6.07, 6.45) is 9.94. The first-order valence-electron chi connectivity index (χ1n) is 8.32. The molecular formula is C17H26N4O2. The Bertz CT molecular complexity index is 547. The van der Waals surface area contributed by atoms with Crippen LogP contribution in [0.15, 0.2) is 24.9 Å². The van der Waals surface area contributed by atoms with Crippen molar-refractivity contribution in [2.24, 2.45) is 0 Å². The number of hydrogen-bond acceptors (Lipinski definition) is 3. The van der Waals surface area contributed by atoms with Crippen LogP contribution in [0.25, 0.3) is 0 Å². The van der Waals surface area contributed by atoms with Gasteiger partial charge in [0.05, 0.1) is 6.04 Å². The molecule has 1 N–H and O–H groups in total. The molecule has 1 aromatic heterocycles. The zero-order valence-corrected chi connectivity index (χ0v) is 13.8. The number of rotatable bonds is 7. The van der Waals surface area contributed by atoms with Crippen LogP contribution in [0, 0.1) is 0 Å². The summed E-state index contributed by atoms with van der Waals surface area (Å²) in [6, 6.07) is 2.23. The lowest BCUT2D eigenvalue weighted by molar-refractivity contribution is -0.116. The van der Waals surface area contributed by atoms with Gasteiger partial charge in [0.2, 0.25) is 5.91 Å². The van der Waals surface area contributed by atoms with E-state index in [0.717, 1.165) is 12.8 Å². The Morgan fingerprint density at radius 1 is 1.43 bits per heavy atom. The molecule has 2 rings (SSSR count). The summed E-state index contributed by atoms with van der Waals surface area (Å²) < 4.78 is 1.95. The summed E-state index contributed by atoms with van der Waals surface area (Å²) in [4.78, 5) is 25.1. The Balaban J connectivity index is 1.81. The first-order chi connectivity index (χ1) is 11.1. The molecule has 6 heteroatoms. The van der Waals surface area contributed by atoms with E-state index in [9.17, 15) is 9.59 Å². The van der Waals surface area contributed by atoms with Crippen molar-refractivity contribution in [2.45, 2.75) is 44.6 Å². The third-order valence-electron chi connectivity index (χ3n) is 4.28. The highest BCUT2D eigenvalue weighted by Crippen LogP contribution is 2.27. The summed E-state index contributed by atoms with van der Waals surface area (Å²) in [5.41, 5.74) is 0.494. The zero-order chi connectivity index (χ0) is 16.7. The normalized spacial score (nSPS) is 15.2. The monoisotopic (exact) mass is 318 g/mol. The second kappa shape index (κ2) is 8.50. The van der Waals surface area contributed by atoms with Crippen molar-refractivity contribution in [3.63, 3.8) is 0 Å². The van der Waals surface area contributed by atoms with Crippen molar-refractivity contribution in [1.82, 2.24) is 20.0 Å². The Morgan fingerprint density at radius 3 is 2.87 bits per heavy atom. The Hall–Kier alpha value is -2.11. The van der Waals surface area contributed by atoms with Gasteiger partial charge in [0.25, 0.3) is 5.91 Å². The molecule has 0 bridgehead atoms. The molecule has 1 fully saturated rings. The van der Waals surface area contributed by atoms with Gasteiger partial charge >= 0.3 is 0 Å². The zero-order valence-electron chi connectivity index (χ0n) is 13.8. The minimum Gasteiger partial charge on any atom is -0.353 e. The van der Waals surface area contributed by atoms with Gasteiger partial charge in [-0.05, 0) is 31.4 Å². The fourth-order valence-corrected chi connectivity index (χ4v) is 2.90. The van der Waals surface area contributed by atoms with E-state index in [-0.39, 0.29) is 11.8 Å². The fourth-order valence-electron chi connectivity index (χ4n) is 2.90. The number of carbonyl (C=O) groups is 2. The second-order valence-corrected chi connectivity index (χ2v) is 6.05. The van der Waals surface area contributed by atoms with Crippen LogP contribution in [-0.2, 0) is 4.79 Å². The van der Waals surface area contributed by atoms with E-state index in [1.54, 1.807) is 18.0 Å². The van der Waals surface area contributed by atoms with Crippen molar-refractivity contribution in [2.75, 3.05) is 20.1 Å². The predicted molar refractivity (Wildman–Crippen MR) is 89.1 cm³/mol. The molecule has 1 heterocycles. The van der Waals surface area contributed by atoms with Crippen LogP contribution in [0.5, 0.6) is 0 Å². The minimum atomic E-state index is -0.190. The minimum absolute atomic E-state index is 0.0744. The quantitative estimate of drug-likeness (QED) is 0.619. The number of nitrogens with zero attached hydrogens (tertiary/aromatic N) is 3. The molecule has 0 spiro atoms. The van der Waals surface area contributed by atoms with E-state index in [1.807, 2.05) is 10.9 Å². The summed E-state index contributed by atoms with van der Waals surface area (Å²) in [7, 11) is 1.76. The lowest BCUT2D eigenvalue weighted by Gasteiger charge is -2.22. The number of nitrogens with one attached hydrogen (secondary N) is 1. The van der Waals surface area contributed by atoms with Gasteiger partial charge in [0.1, 0.15) is 5.69 Å². The molecule has 1 aliphatic rings. The van der Waals surface area contributed by atoms with Crippen LogP contribution >= 0.6 is 0 Å². The van der Waals surface area contributed by atoms with Crippen LogP contribution in [0.2, 0.25) is 0 Å². The van der Waals surface area contributed by atoms with Gasteiger partial charge in [0.15, 0.2) is 0 Å². The van der Waals surface area contributed by atoms with E-state index >= 15 is 0 Å². The molecule has 23 heavy (non-hydrogen) atoms. The van der Waals surface area contributed by atoms with Gasteiger partial charge in [-0.25, -0.2) is 0 Å². The highest BCUT2D eigenvalue weighted by atomic mass is 16.2. The number of amides is 2. The molecular weight excluding hydrogens is 292 g/mol. The van der Waals surface area contributed by atoms with Gasteiger partial charge in [-0.2, -0.15) is 5.10 Å². The topological polar surface area (TPSA) is 67.2 Å². The Morgan fingerprint density at radius 2 is 2.17 bits per heavy atom. The van der Waals surface area contributed by atoms with Crippen LogP contribution in [0.1, 0.15) is 55.1 Å². The maximum Gasteiger partial charge on any atom is 0.274 e. The third kappa shape index (κ3) is 4.94. The molecule has 1 saturated carbocycles. The van der Waals surface area contributed by atoms with Crippen molar-refractivity contribution in [3.05, 3.63) is 30.6 Å². The maximum absolute atomic E-state index is 12.4. The van der Waals surface area contributed by atoms with Crippen molar-refractivity contribution in [1.29, 1.82) is 0 Å². The predicted octanol–water partition coefficient (Wildman–Crippen LogP) is 2.15. The summed E-state index contributed by atoms with van der Waals surface area (Å²) in [5, 5.41) is 7.17. The van der Waals surface area contributed by atoms with E-state index in [0.29, 0.717) is 31.2 Å². The van der Waals surface area contributed by atoms with E-state index in [4.69, 9.17) is 0 Å². The van der Waals surface area contributed by atoms with Gasteiger partial charge in [-0.15, -0.1) is 0 Å². The first kappa shape index (κ1) is 17.2. The van der Waals surface area contributed by atoms with Gasteiger partial charge in [-0.3, -0.25) is 14.3 Å². The van der Waals surface area contributed by atoms with Crippen molar-refractivity contribution >= 4 is 11.8 Å². The second-order valence-electron chi connectivity index (χ2n) is 6.05. The van der Waals surface area contributed by atoms with Gasteiger partial charge in [0, 0.05) is 26.3 Å².